The molecule has 1 aromatic carbocycles. The SMILES string of the molecule is CC(C)(C)OC(=O)N[C@H](C(=O)OC(C)(C)C)[C@@H](c1ccccc1)[N+](=O)[O-]. The molecule has 144 valence electrons. The molecule has 0 saturated heterocycles. The van der Waals surface area contributed by atoms with E-state index in [1.165, 1.54) is 12.1 Å². The van der Waals surface area contributed by atoms with Crippen molar-refractivity contribution < 1.29 is 24.0 Å². The van der Waals surface area contributed by atoms with E-state index in [0.717, 1.165) is 0 Å². The van der Waals surface area contributed by atoms with Gasteiger partial charge in [-0.2, -0.15) is 0 Å². The van der Waals surface area contributed by atoms with Crippen molar-refractivity contribution in [1.82, 2.24) is 5.32 Å². The topological polar surface area (TPSA) is 108 Å². The molecule has 0 heterocycles. The van der Waals surface area contributed by atoms with Crippen molar-refractivity contribution in [1.29, 1.82) is 0 Å². The first-order valence-corrected chi connectivity index (χ1v) is 8.21. The molecule has 0 radical (unpaired) electrons. The van der Waals surface area contributed by atoms with Crippen LogP contribution < -0.4 is 5.32 Å². The molecule has 0 aliphatic carbocycles. The minimum atomic E-state index is -1.54. The Hall–Kier alpha value is -2.64. The predicted molar refractivity (Wildman–Crippen MR) is 95.2 cm³/mol. The van der Waals surface area contributed by atoms with Crippen LogP contribution in [0.15, 0.2) is 30.3 Å². The molecule has 26 heavy (non-hydrogen) atoms. The van der Waals surface area contributed by atoms with Crippen LogP contribution in [0.4, 0.5) is 4.79 Å². The highest BCUT2D eigenvalue weighted by Gasteiger charge is 2.43. The fourth-order valence-corrected chi connectivity index (χ4v) is 2.15. The number of hydrogen-bond acceptors (Lipinski definition) is 6. The van der Waals surface area contributed by atoms with E-state index < -0.39 is 40.3 Å². The monoisotopic (exact) mass is 366 g/mol. The highest BCUT2D eigenvalue weighted by atomic mass is 16.6. The van der Waals surface area contributed by atoms with Gasteiger partial charge in [0, 0.05) is 10.5 Å². The van der Waals surface area contributed by atoms with Gasteiger partial charge in [0.1, 0.15) is 11.2 Å². The van der Waals surface area contributed by atoms with E-state index in [4.69, 9.17) is 9.47 Å². The molecule has 0 aliphatic rings. The van der Waals surface area contributed by atoms with Crippen LogP contribution in [-0.2, 0) is 14.3 Å². The second-order valence-electron chi connectivity index (χ2n) is 7.80. The molecule has 8 nitrogen and oxygen atoms in total. The van der Waals surface area contributed by atoms with Crippen molar-refractivity contribution in [3.05, 3.63) is 46.0 Å². The average Bonchev–Trinajstić information content (AvgIpc) is 2.43. The molecule has 1 N–H and O–H groups in total. The van der Waals surface area contributed by atoms with Crippen molar-refractivity contribution in [2.75, 3.05) is 0 Å². The van der Waals surface area contributed by atoms with Gasteiger partial charge in [0.25, 0.3) is 6.04 Å². The van der Waals surface area contributed by atoms with Gasteiger partial charge < -0.3 is 14.8 Å². The van der Waals surface area contributed by atoms with E-state index in [2.05, 4.69) is 5.32 Å². The van der Waals surface area contributed by atoms with Gasteiger partial charge in [-0.15, -0.1) is 0 Å². The molecule has 1 amide bonds. The number of ether oxygens (including phenoxy) is 2. The van der Waals surface area contributed by atoms with Crippen molar-refractivity contribution in [3.63, 3.8) is 0 Å². The summed E-state index contributed by atoms with van der Waals surface area (Å²) < 4.78 is 10.4. The molecule has 0 spiro atoms. The highest BCUT2D eigenvalue weighted by molar-refractivity contribution is 5.82. The number of carbonyl (C=O) groups excluding carboxylic acids is 2. The molecule has 0 bridgehead atoms. The Morgan fingerprint density at radius 3 is 1.92 bits per heavy atom. The normalized spacial score (nSPS) is 14.1. The van der Waals surface area contributed by atoms with Gasteiger partial charge in [-0.05, 0) is 41.5 Å². The molecular formula is C18H26N2O6. The summed E-state index contributed by atoms with van der Waals surface area (Å²) in [6, 6.07) is 4.91. The van der Waals surface area contributed by atoms with Gasteiger partial charge >= 0.3 is 12.1 Å². The Kier molecular flexibility index (Phi) is 6.72. The Morgan fingerprint density at radius 1 is 1.00 bits per heavy atom. The van der Waals surface area contributed by atoms with Crippen molar-refractivity contribution in [2.24, 2.45) is 0 Å². The maximum absolute atomic E-state index is 12.6. The summed E-state index contributed by atoms with van der Waals surface area (Å²) in [5, 5.41) is 14.0. The average molecular weight is 366 g/mol. The minimum absolute atomic E-state index is 0.268. The van der Waals surface area contributed by atoms with Crippen LogP contribution in [0.3, 0.4) is 0 Å². The van der Waals surface area contributed by atoms with E-state index in [1.54, 1.807) is 59.7 Å². The number of carbonyl (C=O) groups is 2. The number of nitro groups is 1. The Bertz CT molecular complexity index is 646. The molecule has 2 atom stereocenters. The first-order chi connectivity index (χ1) is 11.8. The van der Waals surface area contributed by atoms with Crippen molar-refractivity contribution >= 4 is 12.1 Å². The molecule has 8 heteroatoms. The smallest absolute Gasteiger partial charge is 0.408 e. The molecule has 1 rings (SSSR count). The lowest BCUT2D eigenvalue weighted by Crippen LogP contribution is -2.50. The van der Waals surface area contributed by atoms with Crippen LogP contribution in [0.5, 0.6) is 0 Å². The van der Waals surface area contributed by atoms with Gasteiger partial charge in [0.2, 0.25) is 6.04 Å². The Morgan fingerprint density at radius 2 is 1.50 bits per heavy atom. The van der Waals surface area contributed by atoms with Crippen molar-refractivity contribution in [2.45, 2.75) is 64.8 Å². The molecule has 0 fully saturated rings. The molecule has 0 aliphatic heterocycles. The van der Waals surface area contributed by atoms with Crippen LogP contribution in [-0.4, -0.2) is 34.2 Å². The zero-order valence-corrected chi connectivity index (χ0v) is 15.9. The number of rotatable bonds is 5. The third-order valence-corrected chi connectivity index (χ3v) is 3.02. The number of nitrogens with zero attached hydrogens (tertiary/aromatic N) is 1. The summed E-state index contributed by atoms with van der Waals surface area (Å²) in [5.74, 6) is -0.908. The van der Waals surface area contributed by atoms with Gasteiger partial charge in [-0.1, -0.05) is 30.3 Å². The van der Waals surface area contributed by atoms with E-state index >= 15 is 0 Å². The zero-order chi connectivity index (χ0) is 20.1. The number of esters is 1. The van der Waals surface area contributed by atoms with Gasteiger partial charge in [-0.3, -0.25) is 10.1 Å². The second-order valence-corrected chi connectivity index (χ2v) is 7.80. The molecular weight excluding hydrogens is 340 g/mol. The predicted octanol–water partition coefficient (Wildman–Crippen LogP) is 3.24. The highest BCUT2D eigenvalue weighted by Crippen LogP contribution is 2.23. The number of amides is 1. The van der Waals surface area contributed by atoms with Crippen LogP contribution in [0.1, 0.15) is 53.1 Å². The van der Waals surface area contributed by atoms with Gasteiger partial charge in [-0.25, -0.2) is 9.59 Å². The maximum atomic E-state index is 12.6. The first-order valence-electron chi connectivity index (χ1n) is 8.21. The lowest BCUT2D eigenvalue weighted by atomic mass is 9.99. The summed E-state index contributed by atoms with van der Waals surface area (Å²) in [7, 11) is 0. The zero-order valence-electron chi connectivity index (χ0n) is 15.9. The third-order valence-electron chi connectivity index (χ3n) is 3.02. The maximum Gasteiger partial charge on any atom is 0.408 e. The summed E-state index contributed by atoms with van der Waals surface area (Å²) in [6.45, 7) is 9.86. The molecule has 0 saturated carbocycles. The summed E-state index contributed by atoms with van der Waals surface area (Å²) in [5.41, 5.74) is -1.42. The number of benzene rings is 1. The largest absolute Gasteiger partial charge is 0.458 e. The Labute approximate surface area is 153 Å². The van der Waals surface area contributed by atoms with E-state index in [1.807, 2.05) is 0 Å². The van der Waals surface area contributed by atoms with Crippen LogP contribution in [0.25, 0.3) is 0 Å². The fraction of sp³-hybridized carbons (Fsp3) is 0.556. The lowest BCUT2D eigenvalue weighted by molar-refractivity contribution is -0.531. The molecule has 0 aromatic heterocycles. The number of nitrogens with one attached hydrogen (secondary N) is 1. The van der Waals surface area contributed by atoms with E-state index in [9.17, 15) is 19.7 Å². The lowest BCUT2D eigenvalue weighted by Gasteiger charge is -2.27. The second kappa shape index (κ2) is 8.16. The number of hydrogen-bond donors (Lipinski definition) is 1. The first kappa shape index (κ1) is 21.4. The van der Waals surface area contributed by atoms with Gasteiger partial charge in [0.15, 0.2) is 0 Å². The van der Waals surface area contributed by atoms with E-state index in [0.29, 0.717) is 0 Å². The molecule has 0 unspecified atom stereocenters. The van der Waals surface area contributed by atoms with Crippen LogP contribution in [0.2, 0.25) is 0 Å². The third kappa shape index (κ3) is 7.08. The minimum Gasteiger partial charge on any atom is -0.458 e. The fourth-order valence-electron chi connectivity index (χ4n) is 2.15. The van der Waals surface area contributed by atoms with Crippen molar-refractivity contribution in [3.8, 4) is 0 Å². The van der Waals surface area contributed by atoms with Crippen LogP contribution in [0, 0.1) is 10.1 Å². The molecule has 1 aromatic rings. The standard InChI is InChI=1S/C18H26N2O6/c1-17(2,3)25-15(21)13(19-16(22)26-18(4,5)6)14(20(23)24)12-10-8-7-9-11-12/h7-11,13-14H,1-6H3,(H,19,22)/t13-,14+/m0/s1. The summed E-state index contributed by atoms with van der Waals surface area (Å²) >= 11 is 0. The summed E-state index contributed by atoms with van der Waals surface area (Å²) in [6.07, 6.45) is -0.934. The summed E-state index contributed by atoms with van der Waals surface area (Å²) in [4.78, 5) is 35.8. The van der Waals surface area contributed by atoms with E-state index in [-0.39, 0.29) is 5.56 Å². The quantitative estimate of drug-likeness (QED) is 0.487. The van der Waals surface area contributed by atoms with Gasteiger partial charge in [0.05, 0.1) is 0 Å². The number of alkyl carbamates (subject to hydrolysis) is 1. The van der Waals surface area contributed by atoms with Crippen LogP contribution >= 0.6 is 0 Å². The Balaban J connectivity index is 3.21.